The summed E-state index contributed by atoms with van der Waals surface area (Å²) in [7, 11) is -2.79. The van der Waals surface area contributed by atoms with E-state index in [9.17, 15) is 13.0 Å². The number of benzene rings is 3. The first-order valence-corrected chi connectivity index (χ1v) is 12.2. The largest absolute Gasteiger partial charge is 0.496 e. The Morgan fingerprint density at radius 3 is 2.52 bits per heavy atom. The first-order valence-electron chi connectivity index (χ1n) is 10.8. The minimum atomic E-state index is -4.42. The molecule has 0 saturated carbocycles. The first kappa shape index (κ1) is 22.9. The van der Waals surface area contributed by atoms with E-state index in [4.69, 9.17) is 9.47 Å². The van der Waals surface area contributed by atoms with Crippen LogP contribution in [0, 0.1) is 6.92 Å². The Kier molecular flexibility index (Phi) is 6.19. The molecule has 4 rings (SSSR count). The van der Waals surface area contributed by atoms with Crippen LogP contribution in [0.4, 0.5) is 0 Å². The van der Waals surface area contributed by atoms with Crippen LogP contribution in [-0.2, 0) is 16.5 Å². The summed E-state index contributed by atoms with van der Waals surface area (Å²) in [6, 6.07) is 18.5. The van der Waals surface area contributed by atoms with Crippen LogP contribution in [0.2, 0.25) is 0 Å². The summed E-state index contributed by atoms with van der Waals surface area (Å²) in [6.07, 6.45) is 2.17. The molecule has 33 heavy (non-hydrogen) atoms. The van der Waals surface area contributed by atoms with Crippen LogP contribution in [0.3, 0.4) is 0 Å². The van der Waals surface area contributed by atoms with Crippen LogP contribution in [0.5, 0.6) is 11.5 Å². The number of hydrogen-bond donors (Lipinski definition) is 1. The molecule has 1 unspecified atom stereocenters. The Balaban J connectivity index is 1.83. The van der Waals surface area contributed by atoms with Gasteiger partial charge < -0.3 is 14.0 Å². The van der Waals surface area contributed by atoms with E-state index < -0.39 is 10.1 Å². The number of para-hydroxylation sites is 1. The molecule has 1 atom stereocenters. The fraction of sp³-hybridized carbons (Fsp3) is 0.231. The van der Waals surface area contributed by atoms with Gasteiger partial charge in [0.15, 0.2) is 0 Å². The Hall–Kier alpha value is -3.29. The Morgan fingerprint density at radius 1 is 1.06 bits per heavy atom. The first-order chi connectivity index (χ1) is 15.7. The van der Waals surface area contributed by atoms with Crippen molar-refractivity contribution in [1.29, 1.82) is 0 Å². The molecule has 1 heterocycles. The van der Waals surface area contributed by atoms with Gasteiger partial charge in [0.25, 0.3) is 10.1 Å². The fourth-order valence-electron chi connectivity index (χ4n) is 4.28. The molecule has 7 heteroatoms. The van der Waals surface area contributed by atoms with Crippen LogP contribution in [0.1, 0.15) is 36.6 Å². The number of methoxy groups -OCH3 is 1. The van der Waals surface area contributed by atoms with Crippen LogP contribution in [0.25, 0.3) is 16.6 Å². The van der Waals surface area contributed by atoms with Gasteiger partial charge in [0.05, 0.1) is 18.3 Å². The highest BCUT2D eigenvalue weighted by Crippen LogP contribution is 2.34. The van der Waals surface area contributed by atoms with Gasteiger partial charge in [-0.15, -0.1) is 0 Å². The molecule has 0 aliphatic heterocycles. The lowest BCUT2D eigenvalue weighted by molar-refractivity contribution is 0.221. The van der Waals surface area contributed by atoms with Gasteiger partial charge in [0.2, 0.25) is 0 Å². The highest BCUT2D eigenvalue weighted by Gasteiger charge is 2.22. The summed E-state index contributed by atoms with van der Waals surface area (Å²) in [6.45, 7) is 5.85. The molecule has 6 nitrogen and oxygen atoms in total. The number of aryl methyl sites for hydroxylation is 1. The normalized spacial score (nSPS) is 12.6. The smallest absolute Gasteiger partial charge is 0.296 e. The minimum Gasteiger partial charge on any atom is -0.496 e. The number of aromatic nitrogens is 1. The van der Waals surface area contributed by atoms with E-state index in [-0.39, 0.29) is 11.0 Å². The fourth-order valence-corrected chi connectivity index (χ4v) is 4.99. The van der Waals surface area contributed by atoms with Crippen molar-refractivity contribution in [1.82, 2.24) is 4.57 Å². The second-order valence-corrected chi connectivity index (χ2v) is 9.33. The monoisotopic (exact) mass is 465 g/mol. The van der Waals surface area contributed by atoms with E-state index in [1.54, 1.807) is 13.2 Å². The third-order valence-electron chi connectivity index (χ3n) is 5.91. The van der Waals surface area contributed by atoms with Crippen molar-refractivity contribution in [2.24, 2.45) is 0 Å². The average Bonchev–Trinajstić information content (AvgIpc) is 3.20. The lowest BCUT2D eigenvalue weighted by atomic mass is 10.0. The zero-order chi connectivity index (χ0) is 23.8. The third kappa shape index (κ3) is 4.34. The summed E-state index contributed by atoms with van der Waals surface area (Å²) >= 11 is 0. The number of ether oxygens (including phenoxy) is 2. The average molecular weight is 466 g/mol. The standard InChI is InChI=1S/C26H27NO5S/c1-5-21-17(2)10-13-25(33(28,29)30)26(21)27-15-14-19-11-12-20(16-23(19)27)32-18(3)22-8-6-7-9-24(22)31-4/h6-16,18H,5H2,1-4H3,(H,28,29,30). The van der Waals surface area contributed by atoms with Crippen LogP contribution in [-0.4, -0.2) is 24.6 Å². The molecule has 0 bridgehead atoms. The van der Waals surface area contributed by atoms with Crippen molar-refractivity contribution < 1.29 is 22.4 Å². The Morgan fingerprint density at radius 2 is 1.82 bits per heavy atom. The maximum atomic E-state index is 12.2. The van der Waals surface area contributed by atoms with Crippen molar-refractivity contribution >= 4 is 21.0 Å². The molecule has 4 aromatic rings. The highest BCUT2D eigenvalue weighted by molar-refractivity contribution is 7.86. The zero-order valence-corrected chi connectivity index (χ0v) is 19.9. The van der Waals surface area contributed by atoms with E-state index in [0.29, 0.717) is 17.9 Å². The SMILES string of the molecule is CCc1c(C)ccc(S(=O)(=O)O)c1-n1ccc2ccc(OC(C)c3ccccc3OC)cc21. The molecule has 1 N–H and O–H groups in total. The molecule has 0 aliphatic rings. The quantitative estimate of drug-likeness (QED) is 0.344. The molecule has 0 amide bonds. The van der Waals surface area contributed by atoms with Crippen molar-refractivity contribution in [3.63, 3.8) is 0 Å². The van der Waals surface area contributed by atoms with Crippen LogP contribution >= 0.6 is 0 Å². The maximum absolute atomic E-state index is 12.2. The maximum Gasteiger partial charge on any atom is 0.296 e. The molecule has 1 aromatic heterocycles. The lowest BCUT2D eigenvalue weighted by Crippen LogP contribution is -2.10. The van der Waals surface area contributed by atoms with E-state index in [1.807, 2.05) is 80.1 Å². The summed E-state index contributed by atoms with van der Waals surface area (Å²) in [5.74, 6) is 1.39. The molecule has 0 fully saturated rings. The molecular weight excluding hydrogens is 438 g/mol. The van der Waals surface area contributed by atoms with E-state index in [1.165, 1.54) is 6.07 Å². The van der Waals surface area contributed by atoms with Crippen molar-refractivity contribution in [3.8, 4) is 17.2 Å². The number of fused-ring (bicyclic) bond motifs is 1. The van der Waals surface area contributed by atoms with Gasteiger partial charge in [-0.3, -0.25) is 4.55 Å². The van der Waals surface area contributed by atoms with E-state index in [2.05, 4.69) is 0 Å². The van der Waals surface area contributed by atoms with Crippen LogP contribution < -0.4 is 9.47 Å². The van der Waals surface area contributed by atoms with E-state index in [0.717, 1.165) is 33.3 Å². The summed E-state index contributed by atoms with van der Waals surface area (Å²) in [5, 5.41) is 0.928. The number of nitrogens with zero attached hydrogens (tertiary/aromatic N) is 1. The second-order valence-electron chi connectivity index (χ2n) is 7.94. The predicted octanol–water partition coefficient (Wildman–Crippen LogP) is 5.90. The zero-order valence-electron chi connectivity index (χ0n) is 19.1. The molecule has 0 radical (unpaired) electrons. The molecular formula is C26H27NO5S. The van der Waals surface area contributed by atoms with Gasteiger partial charge in [-0.1, -0.05) is 31.2 Å². The lowest BCUT2D eigenvalue weighted by Gasteiger charge is -2.19. The number of rotatable bonds is 7. The van der Waals surface area contributed by atoms with Crippen LogP contribution in [0.15, 0.2) is 71.8 Å². The topological polar surface area (TPSA) is 77.8 Å². The summed E-state index contributed by atoms with van der Waals surface area (Å²) in [5.41, 5.74) is 3.99. The second kappa shape index (κ2) is 8.92. The van der Waals surface area contributed by atoms with E-state index >= 15 is 0 Å². The molecule has 0 saturated heterocycles. The molecule has 3 aromatic carbocycles. The van der Waals surface area contributed by atoms with Gasteiger partial charge in [-0.2, -0.15) is 8.42 Å². The summed E-state index contributed by atoms with van der Waals surface area (Å²) in [4.78, 5) is -0.115. The Bertz CT molecular complexity index is 1420. The van der Waals surface area contributed by atoms with Gasteiger partial charge in [-0.05, 0) is 61.7 Å². The minimum absolute atomic E-state index is 0.115. The molecule has 0 spiro atoms. The van der Waals surface area contributed by atoms with Crippen molar-refractivity contribution in [3.05, 3.63) is 83.6 Å². The highest BCUT2D eigenvalue weighted by atomic mass is 32.2. The predicted molar refractivity (Wildman–Crippen MR) is 129 cm³/mol. The van der Waals surface area contributed by atoms with Gasteiger partial charge in [0.1, 0.15) is 22.5 Å². The van der Waals surface area contributed by atoms with Gasteiger partial charge in [-0.25, -0.2) is 0 Å². The molecule has 172 valence electrons. The third-order valence-corrected chi connectivity index (χ3v) is 6.79. The van der Waals surface area contributed by atoms with Gasteiger partial charge >= 0.3 is 0 Å². The Labute approximate surface area is 194 Å². The van der Waals surface area contributed by atoms with Gasteiger partial charge in [0, 0.05) is 23.2 Å². The van der Waals surface area contributed by atoms with Crippen molar-refractivity contribution in [2.45, 2.75) is 38.2 Å². The number of hydrogen-bond acceptors (Lipinski definition) is 4. The summed E-state index contributed by atoms with van der Waals surface area (Å²) < 4.78 is 47.8. The van der Waals surface area contributed by atoms with Crippen molar-refractivity contribution in [2.75, 3.05) is 7.11 Å². The molecule has 0 aliphatic carbocycles.